The van der Waals surface area contributed by atoms with E-state index in [-0.39, 0.29) is 23.1 Å². The molecule has 0 saturated carbocycles. The van der Waals surface area contributed by atoms with Gasteiger partial charge in [-0.15, -0.1) is 0 Å². The Balaban J connectivity index is 1.86. The molecule has 0 fully saturated rings. The molecule has 1 N–H and O–H groups in total. The molecule has 2 aromatic rings. The summed E-state index contributed by atoms with van der Waals surface area (Å²) in [7, 11) is -1.41. The SMILES string of the molecule is Cc1cc(NC(=O)CS(=O)Cc2cccc(F)c2)no1. The summed E-state index contributed by atoms with van der Waals surface area (Å²) < 4.78 is 29.6. The van der Waals surface area contributed by atoms with Crippen LogP contribution < -0.4 is 5.32 Å². The van der Waals surface area contributed by atoms with Gasteiger partial charge in [0.2, 0.25) is 5.91 Å². The van der Waals surface area contributed by atoms with E-state index in [9.17, 15) is 13.4 Å². The lowest BCUT2D eigenvalue weighted by molar-refractivity contribution is -0.113. The van der Waals surface area contributed by atoms with Gasteiger partial charge in [-0.25, -0.2) is 4.39 Å². The van der Waals surface area contributed by atoms with Crippen molar-refractivity contribution in [3.05, 3.63) is 47.5 Å². The number of carbonyl (C=O) groups is 1. The van der Waals surface area contributed by atoms with Gasteiger partial charge in [-0.05, 0) is 24.6 Å². The minimum Gasteiger partial charge on any atom is -0.360 e. The lowest BCUT2D eigenvalue weighted by Crippen LogP contribution is -2.20. The third kappa shape index (κ3) is 4.27. The first-order chi connectivity index (χ1) is 9.52. The Morgan fingerprint density at radius 3 is 2.90 bits per heavy atom. The minimum absolute atomic E-state index is 0.128. The van der Waals surface area contributed by atoms with Gasteiger partial charge >= 0.3 is 0 Å². The van der Waals surface area contributed by atoms with Crippen molar-refractivity contribution in [3.8, 4) is 0 Å². The fourth-order valence-electron chi connectivity index (χ4n) is 1.61. The molecular formula is C13H13FN2O3S. The molecule has 106 valence electrons. The molecule has 1 atom stereocenters. The first-order valence-electron chi connectivity index (χ1n) is 5.85. The molecule has 1 amide bonds. The Morgan fingerprint density at radius 1 is 1.45 bits per heavy atom. The van der Waals surface area contributed by atoms with Gasteiger partial charge in [0.05, 0.1) is 0 Å². The zero-order valence-electron chi connectivity index (χ0n) is 10.8. The molecule has 0 aliphatic heterocycles. The predicted molar refractivity (Wildman–Crippen MR) is 73.0 cm³/mol. The highest BCUT2D eigenvalue weighted by atomic mass is 32.2. The molecule has 5 nitrogen and oxygen atoms in total. The summed E-state index contributed by atoms with van der Waals surface area (Å²) in [5.41, 5.74) is 0.591. The van der Waals surface area contributed by atoms with Crippen LogP contribution in [0.25, 0.3) is 0 Å². The van der Waals surface area contributed by atoms with E-state index >= 15 is 0 Å². The average molecular weight is 296 g/mol. The van der Waals surface area contributed by atoms with Gasteiger partial charge < -0.3 is 9.84 Å². The van der Waals surface area contributed by atoms with Crippen LogP contribution >= 0.6 is 0 Å². The molecule has 7 heteroatoms. The van der Waals surface area contributed by atoms with E-state index in [2.05, 4.69) is 10.5 Å². The van der Waals surface area contributed by atoms with Crippen molar-refractivity contribution in [2.75, 3.05) is 11.1 Å². The zero-order chi connectivity index (χ0) is 14.5. The maximum atomic E-state index is 13.0. The zero-order valence-corrected chi connectivity index (χ0v) is 11.6. The number of amides is 1. The van der Waals surface area contributed by atoms with Crippen LogP contribution in [0.15, 0.2) is 34.9 Å². The van der Waals surface area contributed by atoms with E-state index in [1.165, 1.54) is 12.1 Å². The summed E-state index contributed by atoms with van der Waals surface area (Å²) in [6, 6.07) is 7.39. The van der Waals surface area contributed by atoms with Crippen molar-refractivity contribution < 1.29 is 17.9 Å². The molecule has 0 spiro atoms. The lowest BCUT2D eigenvalue weighted by atomic mass is 10.2. The summed E-state index contributed by atoms with van der Waals surface area (Å²) in [6.07, 6.45) is 0. The van der Waals surface area contributed by atoms with Crippen molar-refractivity contribution in [3.63, 3.8) is 0 Å². The van der Waals surface area contributed by atoms with Crippen LogP contribution in [0.5, 0.6) is 0 Å². The topological polar surface area (TPSA) is 72.2 Å². The fourth-order valence-corrected chi connectivity index (χ4v) is 2.63. The monoisotopic (exact) mass is 296 g/mol. The second-order valence-corrected chi connectivity index (χ2v) is 5.69. The number of aryl methyl sites for hydroxylation is 1. The number of anilines is 1. The number of hydrogen-bond acceptors (Lipinski definition) is 4. The van der Waals surface area contributed by atoms with Crippen LogP contribution in [0, 0.1) is 12.7 Å². The van der Waals surface area contributed by atoms with Crippen LogP contribution in [0.2, 0.25) is 0 Å². The van der Waals surface area contributed by atoms with Crippen LogP contribution in [-0.2, 0) is 21.3 Å². The number of rotatable bonds is 5. The predicted octanol–water partition coefficient (Wildman–Crippen LogP) is 2.01. The molecule has 20 heavy (non-hydrogen) atoms. The molecule has 2 rings (SSSR count). The lowest BCUT2D eigenvalue weighted by Gasteiger charge is -2.03. The molecule has 0 radical (unpaired) electrons. The highest BCUT2D eigenvalue weighted by Crippen LogP contribution is 2.09. The van der Waals surface area contributed by atoms with Gasteiger partial charge in [-0.1, -0.05) is 17.3 Å². The number of nitrogens with zero attached hydrogens (tertiary/aromatic N) is 1. The molecule has 0 saturated heterocycles. The van der Waals surface area contributed by atoms with Crippen LogP contribution in [-0.4, -0.2) is 21.0 Å². The van der Waals surface area contributed by atoms with Crippen molar-refractivity contribution >= 4 is 22.5 Å². The van der Waals surface area contributed by atoms with Crippen LogP contribution in [0.1, 0.15) is 11.3 Å². The molecule has 0 aliphatic carbocycles. The van der Waals surface area contributed by atoms with Crippen molar-refractivity contribution in [2.24, 2.45) is 0 Å². The van der Waals surface area contributed by atoms with Crippen LogP contribution in [0.3, 0.4) is 0 Å². The Labute approximate surface area is 117 Å². The number of carbonyl (C=O) groups excluding carboxylic acids is 1. The van der Waals surface area contributed by atoms with E-state index in [0.717, 1.165) is 0 Å². The van der Waals surface area contributed by atoms with E-state index < -0.39 is 16.7 Å². The van der Waals surface area contributed by atoms with Crippen molar-refractivity contribution in [1.82, 2.24) is 5.16 Å². The van der Waals surface area contributed by atoms with Gasteiger partial charge in [-0.3, -0.25) is 9.00 Å². The summed E-state index contributed by atoms with van der Waals surface area (Å²) in [5.74, 6) is -0.00247. The Hall–Kier alpha value is -2.02. The standard InChI is InChI=1S/C13H13FN2O3S/c1-9-5-12(16-19-9)15-13(17)8-20(18)7-10-3-2-4-11(14)6-10/h2-6H,7-8H2,1H3,(H,15,16,17). The number of aromatic nitrogens is 1. The molecule has 0 bridgehead atoms. The minimum atomic E-state index is -1.41. The number of nitrogens with one attached hydrogen (secondary N) is 1. The highest BCUT2D eigenvalue weighted by Gasteiger charge is 2.11. The summed E-state index contributed by atoms with van der Waals surface area (Å²) in [6.45, 7) is 1.70. The van der Waals surface area contributed by atoms with Gasteiger partial charge in [0.15, 0.2) is 5.82 Å². The number of benzene rings is 1. The van der Waals surface area contributed by atoms with Gasteiger partial charge in [0, 0.05) is 22.6 Å². The number of halogens is 1. The molecule has 1 unspecified atom stereocenters. The smallest absolute Gasteiger partial charge is 0.238 e. The Kier molecular flexibility index (Phi) is 4.62. The first-order valence-corrected chi connectivity index (χ1v) is 7.34. The molecule has 1 aromatic heterocycles. The normalized spacial score (nSPS) is 12.1. The number of hydrogen-bond donors (Lipinski definition) is 1. The molecule has 1 heterocycles. The van der Waals surface area contributed by atoms with E-state index in [1.807, 2.05) is 0 Å². The van der Waals surface area contributed by atoms with Gasteiger partial charge in [-0.2, -0.15) is 0 Å². The summed E-state index contributed by atoms with van der Waals surface area (Å²) in [4.78, 5) is 11.6. The fraction of sp³-hybridized carbons (Fsp3) is 0.231. The summed E-state index contributed by atoms with van der Waals surface area (Å²) in [5, 5.41) is 6.08. The highest BCUT2D eigenvalue weighted by molar-refractivity contribution is 7.84. The quantitative estimate of drug-likeness (QED) is 0.916. The van der Waals surface area contributed by atoms with Gasteiger partial charge in [0.25, 0.3) is 0 Å². The third-order valence-electron chi connectivity index (χ3n) is 2.40. The molecular weight excluding hydrogens is 283 g/mol. The van der Waals surface area contributed by atoms with E-state index in [1.54, 1.807) is 25.1 Å². The first kappa shape index (κ1) is 14.4. The van der Waals surface area contributed by atoms with E-state index in [0.29, 0.717) is 11.3 Å². The van der Waals surface area contributed by atoms with Crippen molar-refractivity contribution in [2.45, 2.75) is 12.7 Å². The largest absolute Gasteiger partial charge is 0.360 e. The molecule has 0 aliphatic rings. The van der Waals surface area contributed by atoms with Crippen molar-refractivity contribution in [1.29, 1.82) is 0 Å². The molecule has 1 aromatic carbocycles. The maximum Gasteiger partial charge on any atom is 0.238 e. The second kappa shape index (κ2) is 6.42. The van der Waals surface area contributed by atoms with Crippen LogP contribution in [0.4, 0.5) is 10.2 Å². The Morgan fingerprint density at radius 2 is 2.25 bits per heavy atom. The van der Waals surface area contributed by atoms with E-state index in [4.69, 9.17) is 4.52 Å². The second-order valence-electron chi connectivity index (χ2n) is 4.23. The maximum absolute atomic E-state index is 13.0. The van der Waals surface area contributed by atoms with Gasteiger partial charge in [0.1, 0.15) is 17.3 Å². The average Bonchev–Trinajstić information content (AvgIpc) is 2.74. The Bertz CT molecular complexity index is 642. The summed E-state index contributed by atoms with van der Waals surface area (Å²) >= 11 is 0. The third-order valence-corrected chi connectivity index (χ3v) is 3.64.